The van der Waals surface area contributed by atoms with Crippen LogP contribution in [0.2, 0.25) is 0 Å². The van der Waals surface area contributed by atoms with Gasteiger partial charge in [-0.2, -0.15) is 0 Å². The molecule has 66 valence electrons. The molecule has 0 N–H and O–H groups in total. The Kier molecular flexibility index (Phi) is 1.91. The van der Waals surface area contributed by atoms with Crippen LogP contribution < -0.4 is 0 Å². The summed E-state index contributed by atoms with van der Waals surface area (Å²) in [4.78, 5) is 0. The third-order valence-corrected chi connectivity index (χ3v) is 3.22. The maximum Gasteiger partial charge on any atom is 0.493 e. The van der Waals surface area contributed by atoms with E-state index in [4.69, 9.17) is 0 Å². The summed E-state index contributed by atoms with van der Waals surface area (Å²) in [6, 6.07) is 0. The van der Waals surface area contributed by atoms with Crippen LogP contribution in [0.25, 0.3) is 0 Å². The minimum absolute atomic E-state index is 0.00356. The fraction of sp³-hybridized carbons (Fsp3) is 1.00. The molecule has 11 heavy (non-hydrogen) atoms. The third kappa shape index (κ3) is 2.09. The van der Waals surface area contributed by atoms with E-state index >= 15 is 0 Å². The Labute approximate surface area is 62.3 Å². The van der Waals surface area contributed by atoms with Crippen molar-refractivity contribution >= 4 is 17.0 Å². The van der Waals surface area contributed by atoms with Crippen molar-refractivity contribution in [2.75, 3.05) is 18.7 Å². The van der Waals surface area contributed by atoms with Gasteiger partial charge in [0.1, 0.15) is 0 Å². The van der Waals surface area contributed by atoms with Crippen molar-refractivity contribution in [2.24, 2.45) is 0 Å². The number of rotatable bonds is 2. The molecule has 0 aromatic rings. The fourth-order valence-corrected chi connectivity index (χ4v) is 1.94. The zero-order valence-electron chi connectivity index (χ0n) is 5.50. The summed E-state index contributed by atoms with van der Waals surface area (Å²) in [5, 5.41) is 0. The lowest BCUT2D eigenvalue weighted by atomic mass is 9.92. The smallest absolute Gasteiger partial charge is 0.448 e. The lowest BCUT2D eigenvalue weighted by molar-refractivity contribution is 0.365. The lowest BCUT2D eigenvalue weighted by Crippen LogP contribution is -2.52. The average molecular weight is 188 g/mol. The zero-order chi connectivity index (χ0) is 8.70. The zero-order valence-corrected chi connectivity index (χ0v) is 6.32. The second kappa shape index (κ2) is 2.38. The molecule has 0 aromatic carbocycles. The predicted octanol–water partition coefficient (Wildman–Crippen LogP) is 0.0184. The maximum atomic E-state index is 11.6. The summed E-state index contributed by atoms with van der Waals surface area (Å²) in [6.07, 6.45) is -1.29. The molecule has 1 aliphatic heterocycles. The summed E-state index contributed by atoms with van der Waals surface area (Å²) in [7, 11) is -3.53. The van der Waals surface area contributed by atoms with Gasteiger partial charge < -0.3 is 12.9 Å². The Morgan fingerprint density at radius 2 is 1.91 bits per heavy atom. The number of halogens is 3. The molecule has 1 heterocycles. The number of hydrogen-bond donors (Lipinski definition) is 0. The molecule has 0 amide bonds. The van der Waals surface area contributed by atoms with E-state index < -0.39 is 23.4 Å². The molecule has 0 aliphatic carbocycles. The average Bonchev–Trinajstić information content (AvgIpc) is 1.79. The standard InChI is InChI=1S/C3H6BF3NO2S/c5-4(6,7)3-8-1-2-11(8,9)10/h1-3H2/q-1. The van der Waals surface area contributed by atoms with Crippen molar-refractivity contribution in [1.29, 1.82) is 0 Å². The molecule has 0 unspecified atom stereocenters. The van der Waals surface area contributed by atoms with Crippen LogP contribution in [0, 0.1) is 0 Å². The highest BCUT2D eigenvalue weighted by molar-refractivity contribution is 7.90. The quantitative estimate of drug-likeness (QED) is 0.572. The second-order valence-electron chi connectivity index (χ2n) is 2.38. The van der Waals surface area contributed by atoms with Gasteiger partial charge in [-0.15, -0.1) is 0 Å². The van der Waals surface area contributed by atoms with Gasteiger partial charge in [-0.1, -0.05) is 0 Å². The first-order valence-corrected chi connectivity index (χ1v) is 4.61. The number of nitrogens with zero attached hydrogens (tertiary/aromatic N) is 1. The Balaban J connectivity index is 2.54. The highest BCUT2D eigenvalue weighted by Gasteiger charge is 2.38. The Morgan fingerprint density at radius 1 is 1.36 bits per heavy atom. The largest absolute Gasteiger partial charge is 0.493 e. The Morgan fingerprint density at radius 3 is 2.00 bits per heavy atom. The van der Waals surface area contributed by atoms with Crippen LogP contribution in [0.1, 0.15) is 0 Å². The Hall–Kier alpha value is -0.235. The molecular weight excluding hydrogens is 182 g/mol. The highest BCUT2D eigenvalue weighted by Crippen LogP contribution is 2.18. The van der Waals surface area contributed by atoms with Crippen molar-refractivity contribution in [1.82, 2.24) is 4.31 Å². The predicted molar refractivity (Wildman–Crippen MR) is 34.4 cm³/mol. The summed E-state index contributed by atoms with van der Waals surface area (Å²) in [5.74, 6) is -0.154. The molecule has 1 aliphatic rings. The van der Waals surface area contributed by atoms with Gasteiger partial charge in [0.25, 0.3) is 0 Å². The molecule has 1 rings (SSSR count). The van der Waals surface area contributed by atoms with E-state index in [2.05, 4.69) is 0 Å². The van der Waals surface area contributed by atoms with Gasteiger partial charge in [0.05, 0.1) is 5.75 Å². The first-order chi connectivity index (χ1) is 4.81. The normalized spacial score (nSPS) is 24.6. The lowest BCUT2D eigenvalue weighted by Gasteiger charge is -2.33. The van der Waals surface area contributed by atoms with Crippen molar-refractivity contribution in [3.63, 3.8) is 0 Å². The summed E-state index contributed by atoms with van der Waals surface area (Å²) < 4.78 is 56.4. The number of hydrogen-bond acceptors (Lipinski definition) is 2. The Bertz CT molecular complexity index is 248. The van der Waals surface area contributed by atoms with E-state index in [1.54, 1.807) is 0 Å². The van der Waals surface area contributed by atoms with Crippen LogP contribution in [-0.4, -0.2) is 38.4 Å². The topological polar surface area (TPSA) is 37.4 Å². The van der Waals surface area contributed by atoms with E-state index in [0.717, 1.165) is 0 Å². The molecular formula is C3H6BF3NO2S-. The molecule has 0 saturated carbocycles. The molecule has 1 saturated heterocycles. The van der Waals surface area contributed by atoms with Crippen molar-refractivity contribution < 1.29 is 21.4 Å². The van der Waals surface area contributed by atoms with Crippen molar-refractivity contribution in [3.05, 3.63) is 0 Å². The van der Waals surface area contributed by atoms with Crippen LogP contribution >= 0.6 is 0 Å². The molecule has 0 spiro atoms. The molecule has 3 nitrogen and oxygen atoms in total. The van der Waals surface area contributed by atoms with Crippen LogP contribution in [0.4, 0.5) is 12.9 Å². The molecule has 1 fully saturated rings. The van der Waals surface area contributed by atoms with Gasteiger partial charge in [-0.3, -0.25) is 0 Å². The van der Waals surface area contributed by atoms with Crippen LogP contribution in [0.5, 0.6) is 0 Å². The SMILES string of the molecule is O=S1(=O)CCN1C[B-](F)(F)F. The molecule has 8 heteroatoms. The van der Waals surface area contributed by atoms with Crippen LogP contribution in [0.15, 0.2) is 0 Å². The summed E-state index contributed by atoms with van der Waals surface area (Å²) in [5.41, 5.74) is 0. The summed E-state index contributed by atoms with van der Waals surface area (Å²) >= 11 is 0. The second-order valence-corrected chi connectivity index (χ2v) is 4.47. The van der Waals surface area contributed by atoms with Crippen LogP contribution in [0.3, 0.4) is 0 Å². The van der Waals surface area contributed by atoms with Gasteiger partial charge in [-0.25, -0.2) is 12.7 Å². The minimum atomic E-state index is -5.01. The van der Waals surface area contributed by atoms with E-state index in [1.807, 2.05) is 0 Å². The highest BCUT2D eigenvalue weighted by atomic mass is 32.2. The first-order valence-electron chi connectivity index (χ1n) is 3.00. The van der Waals surface area contributed by atoms with Crippen LogP contribution in [-0.2, 0) is 10.0 Å². The molecule has 0 atom stereocenters. The van der Waals surface area contributed by atoms with Gasteiger partial charge in [0, 0.05) is 6.54 Å². The minimum Gasteiger partial charge on any atom is -0.448 e. The maximum absolute atomic E-state index is 11.6. The van der Waals surface area contributed by atoms with Crippen molar-refractivity contribution in [2.45, 2.75) is 0 Å². The van der Waals surface area contributed by atoms with Crippen molar-refractivity contribution in [3.8, 4) is 0 Å². The monoisotopic (exact) mass is 188 g/mol. The number of sulfonamides is 1. The van der Waals surface area contributed by atoms with E-state index in [0.29, 0.717) is 4.31 Å². The molecule has 0 aromatic heterocycles. The van der Waals surface area contributed by atoms with Gasteiger partial charge in [-0.05, 0) is 6.44 Å². The fourth-order valence-electron chi connectivity index (χ4n) is 0.805. The van der Waals surface area contributed by atoms with E-state index in [1.165, 1.54) is 0 Å². The van der Waals surface area contributed by atoms with E-state index in [9.17, 15) is 21.4 Å². The van der Waals surface area contributed by atoms with Gasteiger partial charge >= 0.3 is 6.98 Å². The first kappa shape index (κ1) is 8.86. The molecule has 0 bridgehead atoms. The third-order valence-electron chi connectivity index (χ3n) is 1.40. The summed E-state index contributed by atoms with van der Waals surface area (Å²) in [6.45, 7) is -5.01. The van der Waals surface area contributed by atoms with Gasteiger partial charge in [0.2, 0.25) is 10.0 Å². The van der Waals surface area contributed by atoms with E-state index in [-0.39, 0.29) is 12.3 Å². The molecule has 0 radical (unpaired) electrons. The van der Waals surface area contributed by atoms with Gasteiger partial charge in [0.15, 0.2) is 0 Å².